The van der Waals surface area contributed by atoms with Crippen molar-refractivity contribution in [1.82, 2.24) is 15.1 Å². The van der Waals surface area contributed by atoms with Crippen LogP contribution in [0.2, 0.25) is 0 Å². The Labute approximate surface area is 121 Å². The molecular weight excluding hydrogens is 270 g/mol. The van der Waals surface area contributed by atoms with Crippen LogP contribution in [0.4, 0.5) is 0 Å². The maximum atomic E-state index is 12.7. The Hall–Kier alpha value is -2.37. The SMILES string of the molecule is O=C(O)CN(C(=O)c1ccc2cn[nH]c2c1)C1CCCC1. The first-order chi connectivity index (χ1) is 10.1. The van der Waals surface area contributed by atoms with Gasteiger partial charge in [-0.3, -0.25) is 14.7 Å². The summed E-state index contributed by atoms with van der Waals surface area (Å²) >= 11 is 0. The average molecular weight is 287 g/mol. The fourth-order valence-corrected chi connectivity index (χ4v) is 2.96. The molecule has 1 aliphatic rings. The summed E-state index contributed by atoms with van der Waals surface area (Å²) in [5, 5.41) is 16.8. The lowest BCUT2D eigenvalue weighted by Gasteiger charge is -2.27. The Kier molecular flexibility index (Phi) is 3.60. The normalized spacial score (nSPS) is 15.4. The molecular formula is C15H17N3O3. The highest BCUT2D eigenvalue weighted by Gasteiger charge is 2.29. The number of benzene rings is 1. The number of amides is 1. The van der Waals surface area contributed by atoms with Crippen LogP contribution in [-0.4, -0.2) is 44.7 Å². The molecule has 0 spiro atoms. The van der Waals surface area contributed by atoms with Crippen LogP contribution in [0.25, 0.3) is 10.9 Å². The number of nitrogens with one attached hydrogen (secondary N) is 1. The molecule has 110 valence electrons. The van der Waals surface area contributed by atoms with Crippen LogP contribution in [0.1, 0.15) is 36.0 Å². The van der Waals surface area contributed by atoms with E-state index < -0.39 is 5.97 Å². The molecule has 0 aliphatic heterocycles. The highest BCUT2D eigenvalue weighted by atomic mass is 16.4. The number of carbonyl (C=O) groups excluding carboxylic acids is 1. The maximum Gasteiger partial charge on any atom is 0.323 e. The number of rotatable bonds is 4. The number of fused-ring (bicyclic) bond motifs is 1. The molecule has 1 heterocycles. The fraction of sp³-hybridized carbons (Fsp3) is 0.400. The van der Waals surface area contributed by atoms with Crippen LogP contribution in [0.3, 0.4) is 0 Å². The van der Waals surface area contributed by atoms with Gasteiger partial charge in [0, 0.05) is 17.0 Å². The highest BCUT2D eigenvalue weighted by Crippen LogP contribution is 2.25. The second-order valence-corrected chi connectivity index (χ2v) is 5.44. The summed E-state index contributed by atoms with van der Waals surface area (Å²) in [5.41, 5.74) is 1.28. The number of carboxylic acids is 1. The second kappa shape index (κ2) is 5.55. The predicted octanol–water partition coefficient (Wildman–Crippen LogP) is 2.03. The summed E-state index contributed by atoms with van der Waals surface area (Å²) in [6.45, 7) is -0.246. The van der Waals surface area contributed by atoms with E-state index in [-0.39, 0.29) is 18.5 Å². The van der Waals surface area contributed by atoms with Crippen molar-refractivity contribution in [3.63, 3.8) is 0 Å². The average Bonchev–Trinajstić information content (AvgIpc) is 3.13. The molecule has 3 rings (SSSR count). The molecule has 1 amide bonds. The van der Waals surface area contributed by atoms with E-state index in [9.17, 15) is 9.59 Å². The minimum Gasteiger partial charge on any atom is -0.480 e. The first kappa shape index (κ1) is 13.6. The van der Waals surface area contributed by atoms with E-state index >= 15 is 0 Å². The zero-order valence-electron chi connectivity index (χ0n) is 11.6. The molecule has 0 atom stereocenters. The van der Waals surface area contributed by atoms with E-state index in [1.54, 1.807) is 18.3 Å². The first-order valence-corrected chi connectivity index (χ1v) is 7.11. The van der Waals surface area contributed by atoms with E-state index in [1.165, 1.54) is 4.90 Å². The molecule has 1 aliphatic carbocycles. The Morgan fingerprint density at radius 3 is 2.81 bits per heavy atom. The predicted molar refractivity (Wildman–Crippen MR) is 77.0 cm³/mol. The number of aliphatic carboxylic acids is 1. The first-order valence-electron chi connectivity index (χ1n) is 7.11. The van der Waals surface area contributed by atoms with Crippen molar-refractivity contribution in [2.45, 2.75) is 31.7 Å². The van der Waals surface area contributed by atoms with Gasteiger partial charge in [-0.1, -0.05) is 18.9 Å². The number of aromatic amines is 1. The molecule has 0 saturated heterocycles. The van der Waals surface area contributed by atoms with Crippen molar-refractivity contribution in [3.8, 4) is 0 Å². The van der Waals surface area contributed by atoms with Gasteiger partial charge in [0.15, 0.2) is 0 Å². The molecule has 2 N–H and O–H groups in total. The van der Waals surface area contributed by atoms with Crippen LogP contribution < -0.4 is 0 Å². The van der Waals surface area contributed by atoms with Crippen LogP contribution >= 0.6 is 0 Å². The highest BCUT2D eigenvalue weighted by molar-refractivity contribution is 5.99. The largest absolute Gasteiger partial charge is 0.480 e. The molecule has 0 bridgehead atoms. The molecule has 1 aromatic carbocycles. The van der Waals surface area contributed by atoms with E-state index in [1.807, 2.05) is 6.07 Å². The zero-order chi connectivity index (χ0) is 14.8. The minimum absolute atomic E-state index is 0.0334. The number of aromatic nitrogens is 2. The lowest BCUT2D eigenvalue weighted by atomic mass is 10.1. The Bertz CT molecular complexity index is 674. The Morgan fingerprint density at radius 2 is 2.10 bits per heavy atom. The summed E-state index contributed by atoms with van der Waals surface area (Å²) in [6.07, 6.45) is 5.55. The molecule has 2 aromatic rings. The second-order valence-electron chi connectivity index (χ2n) is 5.44. The summed E-state index contributed by atoms with van der Waals surface area (Å²) in [5.74, 6) is -1.20. The number of hydrogen-bond acceptors (Lipinski definition) is 3. The van der Waals surface area contributed by atoms with Gasteiger partial charge >= 0.3 is 5.97 Å². The monoisotopic (exact) mass is 287 g/mol. The molecule has 21 heavy (non-hydrogen) atoms. The number of carboxylic acid groups (broad SMARTS) is 1. The molecule has 0 unspecified atom stereocenters. The van der Waals surface area contributed by atoms with Crippen LogP contribution in [0.5, 0.6) is 0 Å². The standard InChI is InChI=1S/C15H17N3O3/c19-14(20)9-18(12-3-1-2-4-12)15(21)10-5-6-11-8-16-17-13(11)7-10/h5-8,12H,1-4,9H2,(H,16,17)(H,19,20). The summed E-state index contributed by atoms with van der Waals surface area (Å²) in [6, 6.07) is 5.31. The van der Waals surface area contributed by atoms with Crippen molar-refractivity contribution >= 4 is 22.8 Å². The topological polar surface area (TPSA) is 86.3 Å². The van der Waals surface area contributed by atoms with Gasteiger partial charge < -0.3 is 10.0 Å². The molecule has 6 heteroatoms. The van der Waals surface area contributed by atoms with Crippen LogP contribution in [0, 0.1) is 0 Å². The summed E-state index contributed by atoms with van der Waals surface area (Å²) in [7, 11) is 0. The lowest BCUT2D eigenvalue weighted by Crippen LogP contribution is -2.42. The summed E-state index contributed by atoms with van der Waals surface area (Å²) in [4.78, 5) is 25.2. The van der Waals surface area contributed by atoms with Gasteiger partial charge in [-0.25, -0.2) is 0 Å². The van der Waals surface area contributed by atoms with Gasteiger partial charge in [0.25, 0.3) is 5.91 Å². The van der Waals surface area contributed by atoms with E-state index in [0.717, 1.165) is 36.6 Å². The molecule has 1 aromatic heterocycles. The van der Waals surface area contributed by atoms with Crippen molar-refractivity contribution in [2.24, 2.45) is 0 Å². The lowest BCUT2D eigenvalue weighted by molar-refractivity contribution is -0.138. The van der Waals surface area contributed by atoms with Gasteiger partial charge in [0.2, 0.25) is 0 Å². The number of nitrogens with zero attached hydrogens (tertiary/aromatic N) is 2. The molecule has 1 fully saturated rings. The van der Waals surface area contributed by atoms with Gasteiger partial charge in [0.05, 0.1) is 11.7 Å². The fourth-order valence-electron chi connectivity index (χ4n) is 2.96. The smallest absolute Gasteiger partial charge is 0.323 e. The van der Waals surface area contributed by atoms with E-state index in [2.05, 4.69) is 10.2 Å². The molecule has 0 radical (unpaired) electrons. The zero-order valence-corrected chi connectivity index (χ0v) is 11.6. The van der Waals surface area contributed by atoms with Crippen molar-refractivity contribution in [1.29, 1.82) is 0 Å². The number of H-pyrrole nitrogens is 1. The van der Waals surface area contributed by atoms with Gasteiger partial charge in [-0.15, -0.1) is 0 Å². The van der Waals surface area contributed by atoms with Gasteiger partial charge in [-0.2, -0.15) is 5.10 Å². The van der Waals surface area contributed by atoms with Crippen molar-refractivity contribution in [2.75, 3.05) is 6.54 Å². The summed E-state index contributed by atoms with van der Waals surface area (Å²) < 4.78 is 0. The molecule has 6 nitrogen and oxygen atoms in total. The van der Waals surface area contributed by atoms with Gasteiger partial charge in [0.1, 0.15) is 6.54 Å². The third kappa shape index (κ3) is 2.74. The number of carbonyl (C=O) groups is 2. The van der Waals surface area contributed by atoms with Crippen LogP contribution in [-0.2, 0) is 4.79 Å². The van der Waals surface area contributed by atoms with Gasteiger partial charge in [-0.05, 0) is 25.0 Å². The van der Waals surface area contributed by atoms with E-state index in [0.29, 0.717) is 5.56 Å². The van der Waals surface area contributed by atoms with Crippen molar-refractivity contribution in [3.05, 3.63) is 30.0 Å². The number of hydrogen-bond donors (Lipinski definition) is 2. The Balaban J connectivity index is 1.89. The van der Waals surface area contributed by atoms with Crippen LogP contribution in [0.15, 0.2) is 24.4 Å². The minimum atomic E-state index is -0.974. The molecule has 1 saturated carbocycles. The van der Waals surface area contributed by atoms with Crippen molar-refractivity contribution < 1.29 is 14.7 Å². The Morgan fingerprint density at radius 1 is 1.33 bits per heavy atom. The maximum absolute atomic E-state index is 12.7. The quantitative estimate of drug-likeness (QED) is 0.901. The third-order valence-corrected chi connectivity index (χ3v) is 4.02. The van der Waals surface area contributed by atoms with E-state index in [4.69, 9.17) is 5.11 Å². The third-order valence-electron chi connectivity index (χ3n) is 4.02.